The lowest BCUT2D eigenvalue weighted by Gasteiger charge is -2.11. The second-order valence-electron chi connectivity index (χ2n) is 3.95. The highest BCUT2D eigenvalue weighted by atomic mass is 16.1. The third-order valence-corrected chi connectivity index (χ3v) is 2.54. The van der Waals surface area contributed by atoms with Gasteiger partial charge in [0.1, 0.15) is 12.2 Å². The number of rotatable bonds is 5. The summed E-state index contributed by atoms with van der Waals surface area (Å²) in [6, 6.07) is 5.12. The number of aromatic nitrogens is 3. The minimum atomic E-state index is -0.137. The Labute approximate surface area is 110 Å². The topological polar surface area (TPSA) is 109 Å². The summed E-state index contributed by atoms with van der Waals surface area (Å²) in [7, 11) is 0. The van der Waals surface area contributed by atoms with E-state index in [0.29, 0.717) is 35.9 Å². The number of amides is 1. The molecule has 7 heteroatoms. The maximum Gasteiger partial charge on any atom is 0.253 e. The van der Waals surface area contributed by atoms with Gasteiger partial charge in [0.15, 0.2) is 0 Å². The fourth-order valence-electron chi connectivity index (χ4n) is 1.66. The lowest BCUT2D eigenvalue weighted by atomic mass is 10.1. The van der Waals surface area contributed by atoms with Gasteiger partial charge in [-0.1, -0.05) is 0 Å². The van der Waals surface area contributed by atoms with Crippen molar-refractivity contribution < 1.29 is 4.79 Å². The average Bonchev–Trinajstić information content (AvgIpc) is 2.89. The molecule has 0 aliphatic heterocycles. The van der Waals surface area contributed by atoms with Crippen LogP contribution in [0.4, 0.5) is 11.4 Å². The highest BCUT2D eigenvalue weighted by Crippen LogP contribution is 2.19. The first-order valence-corrected chi connectivity index (χ1v) is 5.96. The van der Waals surface area contributed by atoms with Crippen molar-refractivity contribution in [2.45, 2.75) is 13.5 Å². The molecular weight excluding hydrogens is 244 g/mol. The van der Waals surface area contributed by atoms with E-state index < -0.39 is 0 Å². The monoisotopic (exact) mass is 260 g/mol. The molecule has 1 heterocycles. The quantitative estimate of drug-likeness (QED) is 0.593. The number of nitrogens with zero attached hydrogens (tertiary/aromatic N) is 2. The summed E-state index contributed by atoms with van der Waals surface area (Å²) in [5.41, 5.74) is 7.55. The molecule has 0 spiro atoms. The molecule has 0 aliphatic carbocycles. The second-order valence-corrected chi connectivity index (χ2v) is 3.95. The van der Waals surface area contributed by atoms with Gasteiger partial charge in [0, 0.05) is 17.9 Å². The maximum atomic E-state index is 11.9. The summed E-state index contributed by atoms with van der Waals surface area (Å²) < 4.78 is 0. The van der Waals surface area contributed by atoms with Crippen molar-refractivity contribution in [3.8, 4) is 0 Å². The summed E-state index contributed by atoms with van der Waals surface area (Å²) in [6.07, 6.45) is 1.43. The standard InChI is InChI=1S/C12H16N6O/c1-2-14-12(19)9-4-3-8(13)5-10(9)15-6-11-16-7-17-18-11/h3-5,7,15H,2,6,13H2,1H3,(H,14,19)(H,16,17,18). The Balaban J connectivity index is 2.17. The largest absolute Gasteiger partial charge is 0.399 e. The number of nitrogen functional groups attached to an aromatic ring is 1. The fraction of sp³-hybridized carbons (Fsp3) is 0.250. The normalized spacial score (nSPS) is 10.2. The van der Waals surface area contributed by atoms with Crippen LogP contribution in [0, 0.1) is 0 Å². The first-order valence-electron chi connectivity index (χ1n) is 5.96. The molecule has 0 atom stereocenters. The number of carbonyl (C=O) groups is 1. The van der Waals surface area contributed by atoms with E-state index in [1.54, 1.807) is 18.2 Å². The van der Waals surface area contributed by atoms with E-state index in [9.17, 15) is 4.79 Å². The van der Waals surface area contributed by atoms with Crippen LogP contribution >= 0.6 is 0 Å². The van der Waals surface area contributed by atoms with Gasteiger partial charge in [0.25, 0.3) is 5.91 Å². The van der Waals surface area contributed by atoms with Crippen LogP contribution in [0.15, 0.2) is 24.5 Å². The molecule has 1 aromatic carbocycles. The smallest absolute Gasteiger partial charge is 0.253 e. The van der Waals surface area contributed by atoms with Crippen LogP contribution < -0.4 is 16.4 Å². The molecule has 0 aliphatic rings. The van der Waals surface area contributed by atoms with Crippen molar-refractivity contribution in [3.63, 3.8) is 0 Å². The van der Waals surface area contributed by atoms with Gasteiger partial charge in [-0.25, -0.2) is 4.98 Å². The van der Waals surface area contributed by atoms with Crippen molar-refractivity contribution in [2.75, 3.05) is 17.6 Å². The van der Waals surface area contributed by atoms with Crippen LogP contribution in [-0.2, 0) is 6.54 Å². The van der Waals surface area contributed by atoms with Gasteiger partial charge in [-0.05, 0) is 25.1 Å². The van der Waals surface area contributed by atoms with Crippen molar-refractivity contribution in [3.05, 3.63) is 35.9 Å². The summed E-state index contributed by atoms with van der Waals surface area (Å²) in [5, 5.41) is 12.4. The zero-order chi connectivity index (χ0) is 13.7. The molecule has 100 valence electrons. The van der Waals surface area contributed by atoms with E-state index >= 15 is 0 Å². The Hall–Kier alpha value is -2.57. The molecule has 0 unspecified atom stereocenters. The molecule has 1 aromatic heterocycles. The third kappa shape index (κ3) is 3.21. The van der Waals surface area contributed by atoms with E-state index in [4.69, 9.17) is 5.73 Å². The number of nitrogens with two attached hydrogens (primary N) is 1. The van der Waals surface area contributed by atoms with E-state index in [2.05, 4.69) is 25.8 Å². The lowest BCUT2D eigenvalue weighted by molar-refractivity contribution is 0.0956. The molecule has 0 radical (unpaired) electrons. The Morgan fingerprint density at radius 1 is 1.47 bits per heavy atom. The number of hydrogen-bond acceptors (Lipinski definition) is 5. The lowest BCUT2D eigenvalue weighted by Crippen LogP contribution is -2.24. The molecule has 0 bridgehead atoms. The maximum absolute atomic E-state index is 11.9. The number of hydrogen-bond donors (Lipinski definition) is 4. The molecule has 0 saturated heterocycles. The van der Waals surface area contributed by atoms with Gasteiger partial charge in [0.05, 0.1) is 12.1 Å². The molecule has 7 nitrogen and oxygen atoms in total. The van der Waals surface area contributed by atoms with E-state index in [0.717, 1.165) is 0 Å². The molecule has 5 N–H and O–H groups in total. The first kappa shape index (κ1) is 12.9. The van der Waals surface area contributed by atoms with Gasteiger partial charge in [-0.15, -0.1) is 0 Å². The van der Waals surface area contributed by atoms with Gasteiger partial charge in [-0.3, -0.25) is 9.89 Å². The predicted octanol–water partition coefficient (Wildman–Crippen LogP) is 0.749. The van der Waals surface area contributed by atoms with Crippen molar-refractivity contribution >= 4 is 17.3 Å². The van der Waals surface area contributed by atoms with Gasteiger partial charge < -0.3 is 16.4 Å². The second kappa shape index (κ2) is 5.85. The molecule has 2 rings (SSSR count). The summed E-state index contributed by atoms with van der Waals surface area (Å²) in [6.45, 7) is 2.89. The van der Waals surface area contributed by atoms with Crippen LogP contribution in [0.25, 0.3) is 0 Å². The molecular formula is C12H16N6O. The van der Waals surface area contributed by atoms with Crippen LogP contribution in [0.5, 0.6) is 0 Å². The van der Waals surface area contributed by atoms with Crippen molar-refractivity contribution in [2.24, 2.45) is 0 Å². The van der Waals surface area contributed by atoms with Crippen LogP contribution in [0.3, 0.4) is 0 Å². The molecule has 19 heavy (non-hydrogen) atoms. The Morgan fingerprint density at radius 2 is 2.32 bits per heavy atom. The summed E-state index contributed by atoms with van der Waals surface area (Å²) in [5.74, 6) is 0.548. The fourth-order valence-corrected chi connectivity index (χ4v) is 1.66. The Bertz CT molecular complexity index is 551. The van der Waals surface area contributed by atoms with Gasteiger partial charge >= 0.3 is 0 Å². The molecule has 1 amide bonds. The van der Waals surface area contributed by atoms with E-state index in [1.807, 2.05) is 6.92 Å². The Morgan fingerprint density at radius 3 is 3.00 bits per heavy atom. The van der Waals surface area contributed by atoms with E-state index in [1.165, 1.54) is 6.33 Å². The zero-order valence-electron chi connectivity index (χ0n) is 10.6. The molecule has 0 fully saturated rings. The summed E-state index contributed by atoms with van der Waals surface area (Å²) >= 11 is 0. The average molecular weight is 260 g/mol. The van der Waals surface area contributed by atoms with Crippen LogP contribution in [-0.4, -0.2) is 27.6 Å². The van der Waals surface area contributed by atoms with Crippen molar-refractivity contribution in [1.82, 2.24) is 20.5 Å². The first-order chi connectivity index (χ1) is 9.20. The van der Waals surface area contributed by atoms with Gasteiger partial charge in [0.2, 0.25) is 0 Å². The number of anilines is 2. The number of H-pyrrole nitrogens is 1. The minimum absolute atomic E-state index is 0.137. The van der Waals surface area contributed by atoms with Crippen LogP contribution in [0.1, 0.15) is 23.1 Å². The SMILES string of the molecule is CCNC(=O)c1ccc(N)cc1NCc1ncn[nH]1. The highest BCUT2D eigenvalue weighted by Gasteiger charge is 2.11. The van der Waals surface area contributed by atoms with E-state index in [-0.39, 0.29) is 5.91 Å². The third-order valence-electron chi connectivity index (χ3n) is 2.54. The minimum Gasteiger partial charge on any atom is -0.399 e. The summed E-state index contributed by atoms with van der Waals surface area (Å²) in [4.78, 5) is 15.9. The van der Waals surface area contributed by atoms with Gasteiger partial charge in [-0.2, -0.15) is 5.10 Å². The van der Waals surface area contributed by atoms with Crippen LogP contribution in [0.2, 0.25) is 0 Å². The van der Waals surface area contributed by atoms with Crippen molar-refractivity contribution in [1.29, 1.82) is 0 Å². The number of aromatic amines is 1. The molecule has 0 saturated carbocycles. The number of benzene rings is 1. The predicted molar refractivity (Wildman–Crippen MR) is 72.6 cm³/mol. The zero-order valence-corrected chi connectivity index (χ0v) is 10.6. The Kier molecular flexibility index (Phi) is 3.97. The number of nitrogens with one attached hydrogen (secondary N) is 3. The number of carbonyl (C=O) groups excluding carboxylic acids is 1. The molecule has 2 aromatic rings. The highest BCUT2D eigenvalue weighted by molar-refractivity contribution is 6.00.